The topological polar surface area (TPSA) is 16.4 Å². The van der Waals surface area contributed by atoms with Gasteiger partial charge in [0.1, 0.15) is 11.2 Å². The molecule has 0 aliphatic heterocycles. The first kappa shape index (κ1) is 35.3. The molecular formula is C59H41NO. The Balaban J connectivity index is 0.886. The average Bonchev–Trinajstić information content (AvgIpc) is 3.80. The Hall–Kier alpha value is -7.68. The molecule has 2 nitrogen and oxygen atoms in total. The van der Waals surface area contributed by atoms with E-state index in [9.17, 15) is 0 Å². The number of anilines is 3. The molecule has 0 saturated carbocycles. The van der Waals surface area contributed by atoms with Crippen LogP contribution in [0.15, 0.2) is 217 Å². The second-order valence-corrected chi connectivity index (χ2v) is 16.9. The van der Waals surface area contributed by atoms with Crippen LogP contribution >= 0.6 is 0 Å². The predicted molar refractivity (Wildman–Crippen MR) is 257 cm³/mol. The minimum Gasteiger partial charge on any atom is -0.456 e. The minimum absolute atomic E-state index is 0.108. The summed E-state index contributed by atoms with van der Waals surface area (Å²) in [6, 6.07) is 77.5. The van der Waals surface area contributed by atoms with E-state index in [0.29, 0.717) is 0 Å². The molecule has 1 heterocycles. The molecule has 11 aromatic rings. The van der Waals surface area contributed by atoms with E-state index in [1.165, 1.54) is 82.9 Å². The zero-order valence-corrected chi connectivity index (χ0v) is 34.1. The number of furan rings is 1. The lowest BCUT2D eigenvalue weighted by molar-refractivity contribution is 0.660. The largest absolute Gasteiger partial charge is 0.456 e. The van der Waals surface area contributed by atoms with Gasteiger partial charge in [0.25, 0.3) is 0 Å². The van der Waals surface area contributed by atoms with Crippen molar-refractivity contribution in [3.05, 3.63) is 223 Å². The molecule has 0 bridgehead atoms. The van der Waals surface area contributed by atoms with E-state index in [-0.39, 0.29) is 5.41 Å². The molecule has 0 unspecified atom stereocenters. The summed E-state index contributed by atoms with van der Waals surface area (Å²) in [6.45, 7) is 4.69. The van der Waals surface area contributed by atoms with Crippen LogP contribution in [0.25, 0.3) is 88.0 Å². The molecule has 2 heteroatoms. The van der Waals surface area contributed by atoms with Crippen molar-refractivity contribution in [1.82, 2.24) is 0 Å². The van der Waals surface area contributed by atoms with E-state index >= 15 is 0 Å². The Bertz CT molecular complexity index is 3500. The van der Waals surface area contributed by atoms with Gasteiger partial charge in [0.2, 0.25) is 0 Å². The Morgan fingerprint density at radius 3 is 1.61 bits per heavy atom. The third-order valence-corrected chi connectivity index (χ3v) is 13.0. The molecule has 10 aromatic carbocycles. The summed E-state index contributed by atoms with van der Waals surface area (Å²) in [5, 5.41) is 7.24. The fourth-order valence-electron chi connectivity index (χ4n) is 9.83. The number of nitrogens with zero attached hydrogens (tertiary/aromatic N) is 1. The number of fused-ring (bicyclic) bond motifs is 8. The van der Waals surface area contributed by atoms with Crippen molar-refractivity contribution in [2.45, 2.75) is 19.3 Å². The van der Waals surface area contributed by atoms with Crippen LogP contribution in [-0.4, -0.2) is 0 Å². The van der Waals surface area contributed by atoms with Gasteiger partial charge in [-0.15, -0.1) is 0 Å². The van der Waals surface area contributed by atoms with Crippen molar-refractivity contribution < 1.29 is 4.42 Å². The van der Waals surface area contributed by atoms with Gasteiger partial charge < -0.3 is 9.32 Å². The molecule has 0 N–H and O–H groups in total. The molecule has 0 radical (unpaired) electrons. The van der Waals surface area contributed by atoms with E-state index in [1.807, 2.05) is 12.1 Å². The summed E-state index contributed by atoms with van der Waals surface area (Å²) in [5.41, 5.74) is 17.6. The third-order valence-electron chi connectivity index (χ3n) is 13.0. The van der Waals surface area contributed by atoms with Gasteiger partial charge in [0.05, 0.1) is 5.69 Å². The van der Waals surface area contributed by atoms with Crippen molar-refractivity contribution in [2.75, 3.05) is 4.90 Å². The third kappa shape index (κ3) is 5.79. The highest BCUT2D eigenvalue weighted by atomic mass is 16.3. The summed E-state index contributed by atoms with van der Waals surface area (Å²) in [7, 11) is 0. The molecule has 12 rings (SSSR count). The first-order valence-corrected chi connectivity index (χ1v) is 21.2. The maximum atomic E-state index is 6.28. The van der Waals surface area contributed by atoms with E-state index in [1.54, 1.807) is 0 Å². The Morgan fingerprint density at radius 1 is 0.361 bits per heavy atom. The fraction of sp³-hybridized carbons (Fsp3) is 0.0508. The number of rotatable bonds is 6. The van der Waals surface area contributed by atoms with Crippen molar-refractivity contribution in [2.24, 2.45) is 0 Å². The molecule has 0 saturated heterocycles. The SMILES string of the molecule is CC1(C)c2ccccc2-c2c(N(c3ccc(-c4ccc(-c5ccc6cc(-c7ccc8ccccc8c7)ccc6c5)cc4)cc3)c3ccc4oc5ccccc5c4c3)cccc21. The molecule has 0 spiro atoms. The van der Waals surface area contributed by atoms with Gasteiger partial charge >= 0.3 is 0 Å². The smallest absolute Gasteiger partial charge is 0.135 e. The zero-order chi connectivity index (χ0) is 40.7. The number of hydrogen-bond acceptors (Lipinski definition) is 2. The van der Waals surface area contributed by atoms with Gasteiger partial charge in [-0.05, 0) is 132 Å². The first-order chi connectivity index (χ1) is 30.0. The van der Waals surface area contributed by atoms with Gasteiger partial charge in [0, 0.05) is 33.1 Å². The highest BCUT2D eigenvalue weighted by Crippen LogP contribution is 2.54. The molecule has 61 heavy (non-hydrogen) atoms. The van der Waals surface area contributed by atoms with Crippen molar-refractivity contribution in [1.29, 1.82) is 0 Å². The maximum absolute atomic E-state index is 6.28. The lowest BCUT2D eigenvalue weighted by Crippen LogP contribution is -2.16. The monoisotopic (exact) mass is 779 g/mol. The van der Waals surface area contributed by atoms with Crippen molar-refractivity contribution in [3.8, 4) is 44.5 Å². The van der Waals surface area contributed by atoms with E-state index < -0.39 is 0 Å². The number of hydrogen-bond donors (Lipinski definition) is 0. The highest BCUT2D eigenvalue weighted by molar-refractivity contribution is 6.07. The summed E-state index contributed by atoms with van der Waals surface area (Å²) in [6.07, 6.45) is 0. The van der Waals surface area contributed by atoms with E-state index in [2.05, 4.69) is 219 Å². The summed E-state index contributed by atoms with van der Waals surface area (Å²) < 4.78 is 6.28. The standard InChI is InChI=1S/C59H41NO/c1-59(2)53-14-7-5-13-51(53)58-54(59)15-9-16-55(58)60(49-32-33-57-52(37-49)50-12-6-8-17-56(50)61-57)48-30-28-40(29-31-48)39-18-20-41(21-19-39)43-24-25-46-36-47(27-26-45(46)35-43)44-23-22-38-10-3-4-11-42(38)34-44/h3-37H,1-2H3. The van der Waals surface area contributed by atoms with Crippen molar-refractivity contribution >= 4 is 60.5 Å². The molecule has 288 valence electrons. The van der Waals surface area contributed by atoms with Gasteiger partial charge in [0.15, 0.2) is 0 Å². The maximum Gasteiger partial charge on any atom is 0.135 e. The van der Waals surface area contributed by atoms with Gasteiger partial charge in [-0.25, -0.2) is 0 Å². The first-order valence-electron chi connectivity index (χ1n) is 21.2. The Labute approximate surface area is 355 Å². The lowest BCUT2D eigenvalue weighted by Gasteiger charge is -2.29. The van der Waals surface area contributed by atoms with Crippen LogP contribution in [0.3, 0.4) is 0 Å². The molecule has 1 aliphatic rings. The fourth-order valence-corrected chi connectivity index (χ4v) is 9.83. The molecule has 0 fully saturated rings. The van der Waals surface area contributed by atoms with Crippen LogP contribution in [0.4, 0.5) is 17.1 Å². The summed E-state index contributed by atoms with van der Waals surface area (Å²) >= 11 is 0. The molecule has 1 aromatic heterocycles. The van der Waals surface area contributed by atoms with Crippen LogP contribution < -0.4 is 4.90 Å². The van der Waals surface area contributed by atoms with E-state index in [4.69, 9.17) is 4.42 Å². The molecular weight excluding hydrogens is 739 g/mol. The zero-order valence-electron chi connectivity index (χ0n) is 34.1. The van der Waals surface area contributed by atoms with E-state index in [0.717, 1.165) is 33.3 Å². The molecule has 0 amide bonds. The van der Waals surface area contributed by atoms with Gasteiger partial charge in [-0.3, -0.25) is 0 Å². The average molecular weight is 780 g/mol. The lowest BCUT2D eigenvalue weighted by atomic mass is 9.82. The quantitative estimate of drug-likeness (QED) is 0.167. The highest BCUT2D eigenvalue weighted by Gasteiger charge is 2.37. The van der Waals surface area contributed by atoms with Crippen LogP contribution in [0.1, 0.15) is 25.0 Å². The Kier molecular flexibility index (Phi) is 7.92. The number of para-hydroxylation sites is 1. The Morgan fingerprint density at radius 2 is 0.869 bits per heavy atom. The van der Waals surface area contributed by atoms with Gasteiger partial charge in [-0.1, -0.05) is 166 Å². The normalized spacial score (nSPS) is 12.9. The molecule has 0 atom stereocenters. The second-order valence-electron chi connectivity index (χ2n) is 16.9. The molecule has 1 aliphatic carbocycles. The van der Waals surface area contributed by atoms with Gasteiger partial charge in [-0.2, -0.15) is 0 Å². The van der Waals surface area contributed by atoms with Crippen LogP contribution in [0.5, 0.6) is 0 Å². The van der Waals surface area contributed by atoms with Crippen LogP contribution in [-0.2, 0) is 5.41 Å². The second kappa shape index (κ2) is 13.7. The summed E-state index contributed by atoms with van der Waals surface area (Å²) in [4.78, 5) is 2.43. The number of benzene rings is 10. The van der Waals surface area contributed by atoms with Crippen LogP contribution in [0, 0.1) is 0 Å². The van der Waals surface area contributed by atoms with Crippen LogP contribution in [0.2, 0.25) is 0 Å². The summed E-state index contributed by atoms with van der Waals surface area (Å²) in [5.74, 6) is 0. The predicted octanol–water partition coefficient (Wildman–Crippen LogP) is 16.7. The minimum atomic E-state index is -0.108. The van der Waals surface area contributed by atoms with Crippen molar-refractivity contribution in [3.63, 3.8) is 0 Å².